The highest BCUT2D eigenvalue weighted by atomic mass is 16.5. The van der Waals surface area contributed by atoms with Crippen LogP contribution in [0.25, 0.3) is 0 Å². The second-order valence-corrected chi connectivity index (χ2v) is 6.83. The van der Waals surface area contributed by atoms with E-state index in [2.05, 4.69) is 39.8 Å². The monoisotopic (exact) mass is 409 g/mol. The van der Waals surface area contributed by atoms with Crippen molar-refractivity contribution < 1.29 is 9.53 Å². The highest BCUT2D eigenvalue weighted by Gasteiger charge is 2.12. The van der Waals surface area contributed by atoms with Crippen LogP contribution >= 0.6 is 0 Å². The molecule has 31 heavy (non-hydrogen) atoms. The minimum absolute atomic E-state index is 0.333. The summed E-state index contributed by atoms with van der Waals surface area (Å²) >= 11 is 0. The summed E-state index contributed by atoms with van der Waals surface area (Å²) in [7, 11) is 1.57. The summed E-state index contributed by atoms with van der Waals surface area (Å²) in [5.41, 5.74) is 4.41. The standard InChI is InChI=1S/C26H23N3O2/c1-31-25-15-9-8-14-24(25)28-26(30)27-20-16-18-23(19-17-20)29(21-10-4-2-5-11-21)22-12-6-3-7-13-22/h2-19H,1H3,(H2,27,28,30). The summed E-state index contributed by atoms with van der Waals surface area (Å²) in [6.45, 7) is 0. The molecule has 0 saturated carbocycles. The van der Waals surface area contributed by atoms with Crippen LogP contribution in [0.5, 0.6) is 5.75 Å². The minimum Gasteiger partial charge on any atom is -0.495 e. The highest BCUT2D eigenvalue weighted by Crippen LogP contribution is 2.34. The van der Waals surface area contributed by atoms with E-state index in [1.165, 1.54) is 0 Å². The number of carbonyl (C=O) groups excluding carboxylic acids is 1. The van der Waals surface area contributed by atoms with E-state index < -0.39 is 0 Å². The van der Waals surface area contributed by atoms with Gasteiger partial charge in [-0.2, -0.15) is 0 Å². The van der Waals surface area contributed by atoms with Crippen LogP contribution in [0.1, 0.15) is 0 Å². The molecular weight excluding hydrogens is 386 g/mol. The maximum atomic E-state index is 12.4. The summed E-state index contributed by atoms with van der Waals surface area (Å²) in [6, 6.07) is 35.0. The Labute approximate surface area is 181 Å². The number of nitrogens with one attached hydrogen (secondary N) is 2. The van der Waals surface area contributed by atoms with Crippen LogP contribution in [-0.4, -0.2) is 13.1 Å². The van der Waals surface area contributed by atoms with E-state index in [0.717, 1.165) is 17.1 Å². The van der Waals surface area contributed by atoms with Gasteiger partial charge < -0.3 is 20.3 Å². The molecule has 0 fully saturated rings. The van der Waals surface area contributed by atoms with Crippen LogP contribution in [-0.2, 0) is 0 Å². The van der Waals surface area contributed by atoms with Crippen LogP contribution in [0.3, 0.4) is 0 Å². The van der Waals surface area contributed by atoms with Crippen LogP contribution in [0.2, 0.25) is 0 Å². The highest BCUT2D eigenvalue weighted by molar-refractivity contribution is 6.00. The number of urea groups is 1. The lowest BCUT2D eigenvalue weighted by molar-refractivity contribution is 0.262. The molecule has 0 aliphatic heterocycles. The number of hydrogen-bond donors (Lipinski definition) is 2. The van der Waals surface area contributed by atoms with Crippen LogP contribution < -0.4 is 20.3 Å². The molecule has 0 saturated heterocycles. The quantitative estimate of drug-likeness (QED) is 0.368. The van der Waals surface area contributed by atoms with E-state index >= 15 is 0 Å². The number of anilines is 5. The van der Waals surface area contributed by atoms with Crippen molar-refractivity contribution in [1.29, 1.82) is 0 Å². The predicted octanol–water partition coefficient (Wildman–Crippen LogP) is 6.81. The molecule has 4 rings (SSSR count). The van der Waals surface area contributed by atoms with E-state index in [0.29, 0.717) is 17.1 Å². The number of ether oxygens (including phenoxy) is 1. The number of benzene rings is 4. The third-order valence-corrected chi connectivity index (χ3v) is 4.77. The number of carbonyl (C=O) groups is 1. The Hall–Kier alpha value is -4.25. The molecule has 4 aromatic carbocycles. The van der Waals surface area contributed by atoms with Crippen molar-refractivity contribution in [2.75, 3.05) is 22.6 Å². The molecule has 0 aliphatic rings. The topological polar surface area (TPSA) is 53.6 Å². The smallest absolute Gasteiger partial charge is 0.323 e. The van der Waals surface area contributed by atoms with Gasteiger partial charge in [0, 0.05) is 22.7 Å². The van der Waals surface area contributed by atoms with E-state index in [9.17, 15) is 4.79 Å². The van der Waals surface area contributed by atoms with E-state index in [1.807, 2.05) is 72.8 Å². The Morgan fingerprint density at radius 1 is 0.645 bits per heavy atom. The van der Waals surface area contributed by atoms with E-state index in [1.54, 1.807) is 19.2 Å². The molecule has 0 atom stereocenters. The van der Waals surface area contributed by atoms with Gasteiger partial charge in [0.25, 0.3) is 0 Å². The maximum Gasteiger partial charge on any atom is 0.323 e. The van der Waals surface area contributed by atoms with Gasteiger partial charge >= 0.3 is 6.03 Å². The second-order valence-electron chi connectivity index (χ2n) is 6.83. The van der Waals surface area contributed by atoms with Gasteiger partial charge in [0.1, 0.15) is 5.75 Å². The lowest BCUT2D eigenvalue weighted by Gasteiger charge is -2.25. The fourth-order valence-corrected chi connectivity index (χ4v) is 3.33. The van der Waals surface area contributed by atoms with Crippen molar-refractivity contribution in [2.45, 2.75) is 0 Å². The van der Waals surface area contributed by atoms with Crippen molar-refractivity contribution in [3.63, 3.8) is 0 Å². The number of amides is 2. The fourth-order valence-electron chi connectivity index (χ4n) is 3.33. The molecule has 0 unspecified atom stereocenters. The molecule has 2 amide bonds. The zero-order valence-corrected chi connectivity index (χ0v) is 17.2. The predicted molar refractivity (Wildman–Crippen MR) is 127 cm³/mol. The number of hydrogen-bond acceptors (Lipinski definition) is 3. The molecule has 154 valence electrons. The van der Waals surface area contributed by atoms with Gasteiger partial charge in [-0.1, -0.05) is 48.5 Å². The molecule has 2 N–H and O–H groups in total. The summed E-state index contributed by atoms with van der Waals surface area (Å²) in [5, 5.41) is 5.68. The zero-order valence-electron chi connectivity index (χ0n) is 17.2. The third-order valence-electron chi connectivity index (χ3n) is 4.77. The molecule has 4 aromatic rings. The lowest BCUT2D eigenvalue weighted by Crippen LogP contribution is -2.19. The number of rotatable bonds is 6. The summed E-state index contributed by atoms with van der Waals surface area (Å²) in [6.07, 6.45) is 0. The molecule has 0 spiro atoms. The van der Waals surface area contributed by atoms with Crippen molar-refractivity contribution in [3.05, 3.63) is 109 Å². The van der Waals surface area contributed by atoms with Gasteiger partial charge in [-0.3, -0.25) is 0 Å². The maximum absolute atomic E-state index is 12.4. The Morgan fingerprint density at radius 3 is 1.74 bits per heavy atom. The first-order chi connectivity index (χ1) is 15.2. The first kappa shape index (κ1) is 20.0. The Bertz CT molecular complexity index is 1090. The summed E-state index contributed by atoms with van der Waals surface area (Å²) in [4.78, 5) is 14.6. The van der Waals surface area contributed by atoms with Crippen molar-refractivity contribution >= 4 is 34.5 Å². The first-order valence-corrected chi connectivity index (χ1v) is 9.96. The van der Waals surface area contributed by atoms with Gasteiger partial charge in [0.05, 0.1) is 12.8 Å². The number of para-hydroxylation sites is 4. The molecular formula is C26H23N3O2. The Kier molecular flexibility index (Phi) is 6.14. The van der Waals surface area contributed by atoms with Crippen molar-refractivity contribution in [2.24, 2.45) is 0 Å². The third kappa shape index (κ3) is 4.85. The van der Waals surface area contributed by atoms with Gasteiger partial charge in [-0.25, -0.2) is 4.79 Å². The molecule has 0 bridgehead atoms. The minimum atomic E-state index is -0.333. The average Bonchev–Trinajstić information content (AvgIpc) is 2.82. The average molecular weight is 409 g/mol. The van der Waals surface area contributed by atoms with E-state index in [-0.39, 0.29) is 6.03 Å². The van der Waals surface area contributed by atoms with Crippen LogP contribution in [0, 0.1) is 0 Å². The Morgan fingerprint density at radius 2 is 1.16 bits per heavy atom. The summed E-state index contributed by atoms with van der Waals surface area (Å²) in [5.74, 6) is 0.606. The van der Waals surface area contributed by atoms with Crippen molar-refractivity contribution in [3.8, 4) is 5.75 Å². The SMILES string of the molecule is COc1ccccc1NC(=O)Nc1ccc(N(c2ccccc2)c2ccccc2)cc1. The van der Waals surface area contributed by atoms with Crippen molar-refractivity contribution in [1.82, 2.24) is 0 Å². The van der Waals surface area contributed by atoms with Gasteiger partial charge in [0.2, 0.25) is 0 Å². The van der Waals surface area contributed by atoms with Gasteiger partial charge in [0.15, 0.2) is 0 Å². The number of methoxy groups -OCH3 is 1. The zero-order chi connectivity index (χ0) is 21.5. The molecule has 0 aliphatic carbocycles. The molecule has 5 nitrogen and oxygen atoms in total. The largest absolute Gasteiger partial charge is 0.495 e. The van der Waals surface area contributed by atoms with E-state index in [4.69, 9.17) is 4.74 Å². The normalized spacial score (nSPS) is 10.2. The Balaban J connectivity index is 1.53. The molecule has 0 heterocycles. The second kappa shape index (κ2) is 9.50. The molecule has 0 aromatic heterocycles. The molecule has 5 heteroatoms. The van der Waals surface area contributed by atoms with Gasteiger partial charge in [-0.05, 0) is 60.7 Å². The van der Waals surface area contributed by atoms with Gasteiger partial charge in [-0.15, -0.1) is 0 Å². The fraction of sp³-hybridized carbons (Fsp3) is 0.0385. The lowest BCUT2D eigenvalue weighted by atomic mass is 10.2. The number of nitrogens with zero attached hydrogens (tertiary/aromatic N) is 1. The molecule has 0 radical (unpaired) electrons. The summed E-state index contributed by atoms with van der Waals surface area (Å²) < 4.78 is 5.27. The van der Waals surface area contributed by atoms with Crippen LogP contribution in [0.15, 0.2) is 109 Å². The van der Waals surface area contributed by atoms with Crippen LogP contribution in [0.4, 0.5) is 33.2 Å². The first-order valence-electron chi connectivity index (χ1n) is 9.96.